The van der Waals surface area contributed by atoms with E-state index in [2.05, 4.69) is 0 Å². The number of ketones is 1. The topological polar surface area (TPSA) is 46.6 Å². The molecule has 0 aromatic rings. The van der Waals surface area contributed by atoms with E-state index >= 15 is 0 Å². The molecule has 0 spiro atoms. The molecule has 0 aromatic carbocycles. The number of ether oxygens (including phenoxy) is 1. The van der Waals surface area contributed by atoms with E-state index in [-0.39, 0.29) is 12.4 Å². The summed E-state index contributed by atoms with van der Waals surface area (Å²) >= 11 is 16.3. The van der Waals surface area contributed by atoms with Crippen molar-refractivity contribution in [1.29, 1.82) is 0 Å². The van der Waals surface area contributed by atoms with Gasteiger partial charge in [0.1, 0.15) is 12.4 Å². The summed E-state index contributed by atoms with van der Waals surface area (Å²) in [4.78, 5) is 23.7. The van der Waals surface area contributed by atoms with Crippen LogP contribution < -0.4 is 0 Å². The molecule has 0 aromatic heterocycles. The minimum absolute atomic E-state index is 0.153. The van der Waals surface area contributed by atoms with E-state index in [1.165, 1.54) is 4.90 Å². The Bertz CT molecular complexity index is 254. The molecule has 0 atom stereocenters. The number of halogens is 3. The zero-order chi connectivity index (χ0) is 11.5. The normalized spacial score (nSPS) is 17.8. The average molecular weight is 275 g/mol. The zero-order valence-electron chi connectivity index (χ0n) is 7.84. The zero-order valence-corrected chi connectivity index (χ0v) is 10.1. The van der Waals surface area contributed by atoms with Crippen LogP contribution in [0.4, 0.5) is 4.79 Å². The Morgan fingerprint density at radius 2 is 1.87 bits per heavy atom. The first-order valence-electron chi connectivity index (χ1n) is 4.38. The summed E-state index contributed by atoms with van der Waals surface area (Å²) in [5, 5.41) is 0. The monoisotopic (exact) mass is 273 g/mol. The third kappa shape index (κ3) is 4.91. The molecule has 0 saturated carbocycles. The van der Waals surface area contributed by atoms with Gasteiger partial charge in [-0.25, -0.2) is 4.79 Å². The van der Waals surface area contributed by atoms with Crippen LogP contribution in [0.25, 0.3) is 0 Å². The lowest BCUT2D eigenvalue weighted by atomic mass is 10.1. The molecule has 0 bridgehead atoms. The van der Waals surface area contributed by atoms with Crippen LogP contribution in [-0.2, 0) is 9.53 Å². The molecule has 1 rings (SSSR count). The van der Waals surface area contributed by atoms with Crippen molar-refractivity contribution >= 4 is 46.7 Å². The van der Waals surface area contributed by atoms with Crippen LogP contribution in [-0.4, -0.2) is 40.3 Å². The van der Waals surface area contributed by atoms with Gasteiger partial charge in [-0.05, 0) is 0 Å². The molecule has 1 saturated heterocycles. The smallest absolute Gasteiger partial charge is 0.409 e. The highest BCUT2D eigenvalue weighted by Crippen LogP contribution is 2.26. The molecule has 86 valence electrons. The van der Waals surface area contributed by atoms with E-state index < -0.39 is 9.89 Å². The number of hydrogen-bond donors (Lipinski definition) is 0. The molecule has 1 heterocycles. The van der Waals surface area contributed by atoms with Gasteiger partial charge in [0.15, 0.2) is 0 Å². The fourth-order valence-corrected chi connectivity index (χ4v) is 1.34. The van der Waals surface area contributed by atoms with E-state index in [1.54, 1.807) is 0 Å². The molecule has 0 radical (unpaired) electrons. The highest BCUT2D eigenvalue weighted by molar-refractivity contribution is 6.67. The number of Topliss-reactive ketones (excluding diaryl/α,β-unsaturated/α-hetero) is 1. The molecule has 0 N–H and O–H groups in total. The SMILES string of the molecule is O=C1CCN(C(=O)OCC(Cl)(Cl)Cl)CC1. The molecule has 4 nitrogen and oxygen atoms in total. The van der Waals surface area contributed by atoms with Gasteiger partial charge in [-0.2, -0.15) is 0 Å². The van der Waals surface area contributed by atoms with Gasteiger partial charge in [-0.1, -0.05) is 34.8 Å². The Labute approximate surface area is 102 Å². The van der Waals surface area contributed by atoms with Gasteiger partial charge in [-0.15, -0.1) is 0 Å². The molecule has 15 heavy (non-hydrogen) atoms. The first-order chi connectivity index (χ1) is 6.88. The van der Waals surface area contributed by atoms with Crippen molar-refractivity contribution in [2.75, 3.05) is 19.7 Å². The number of amides is 1. The highest BCUT2D eigenvalue weighted by Gasteiger charge is 2.26. The summed E-state index contributed by atoms with van der Waals surface area (Å²) in [6.45, 7) is 0.454. The van der Waals surface area contributed by atoms with Crippen LogP contribution in [0.5, 0.6) is 0 Å². The second-order valence-corrected chi connectivity index (χ2v) is 5.71. The number of nitrogens with zero attached hydrogens (tertiary/aromatic N) is 1. The Hall–Kier alpha value is -0.190. The maximum atomic E-state index is 11.4. The van der Waals surface area contributed by atoms with Crippen molar-refractivity contribution in [1.82, 2.24) is 4.90 Å². The van der Waals surface area contributed by atoms with Crippen LogP contribution >= 0.6 is 34.8 Å². The van der Waals surface area contributed by atoms with E-state index in [1.807, 2.05) is 0 Å². The number of piperidine rings is 1. The van der Waals surface area contributed by atoms with Crippen LogP contribution in [0.3, 0.4) is 0 Å². The van der Waals surface area contributed by atoms with Gasteiger partial charge in [-0.3, -0.25) is 4.79 Å². The van der Waals surface area contributed by atoms with Gasteiger partial charge in [0.25, 0.3) is 0 Å². The van der Waals surface area contributed by atoms with Gasteiger partial charge in [0.05, 0.1) is 0 Å². The average Bonchev–Trinajstić information content (AvgIpc) is 2.14. The molecule has 1 amide bonds. The standard InChI is InChI=1S/C8H10Cl3NO3/c9-8(10,11)5-15-7(14)12-3-1-6(13)2-4-12/h1-5H2. The predicted octanol–water partition coefficient (Wildman–Crippen LogP) is 2.16. The molecular weight excluding hydrogens is 264 g/mol. The Kier molecular flexibility index (Phi) is 4.49. The van der Waals surface area contributed by atoms with Crippen LogP contribution in [0, 0.1) is 0 Å². The van der Waals surface area contributed by atoms with Crippen molar-refractivity contribution < 1.29 is 14.3 Å². The van der Waals surface area contributed by atoms with Crippen molar-refractivity contribution in [3.8, 4) is 0 Å². The second-order valence-electron chi connectivity index (χ2n) is 3.20. The number of hydrogen-bond acceptors (Lipinski definition) is 3. The molecule has 1 aliphatic rings. The number of rotatable bonds is 1. The molecule has 0 aliphatic carbocycles. The largest absolute Gasteiger partial charge is 0.445 e. The van der Waals surface area contributed by atoms with Gasteiger partial charge < -0.3 is 9.64 Å². The van der Waals surface area contributed by atoms with Crippen LogP contribution in [0.1, 0.15) is 12.8 Å². The third-order valence-electron chi connectivity index (χ3n) is 1.94. The summed E-state index contributed by atoms with van der Waals surface area (Å²) in [5.41, 5.74) is 0. The minimum Gasteiger partial charge on any atom is -0.445 e. The summed E-state index contributed by atoms with van der Waals surface area (Å²) in [6, 6.07) is 0. The molecule has 1 fully saturated rings. The van der Waals surface area contributed by atoms with E-state index in [0.717, 1.165) is 0 Å². The quantitative estimate of drug-likeness (QED) is 0.688. The van der Waals surface area contributed by atoms with Gasteiger partial charge in [0, 0.05) is 25.9 Å². The molecule has 7 heteroatoms. The highest BCUT2D eigenvalue weighted by atomic mass is 35.6. The summed E-state index contributed by atoms with van der Waals surface area (Å²) in [5.74, 6) is 0.153. The van der Waals surface area contributed by atoms with E-state index in [9.17, 15) is 9.59 Å². The number of carbonyl (C=O) groups is 2. The first-order valence-corrected chi connectivity index (χ1v) is 5.52. The molecule has 0 unspecified atom stereocenters. The molecule has 1 aliphatic heterocycles. The van der Waals surface area contributed by atoms with Gasteiger partial charge >= 0.3 is 6.09 Å². The number of carbonyl (C=O) groups excluding carboxylic acids is 2. The summed E-state index contributed by atoms with van der Waals surface area (Å²) in [6.07, 6.45) is 0.181. The summed E-state index contributed by atoms with van der Waals surface area (Å²) < 4.78 is 3.17. The summed E-state index contributed by atoms with van der Waals surface area (Å²) in [7, 11) is 0. The lowest BCUT2D eigenvalue weighted by Gasteiger charge is -2.25. The maximum absolute atomic E-state index is 11.4. The van der Waals surface area contributed by atoms with Crippen molar-refractivity contribution in [3.63, 3.8) is 0 Å². The minimum atomic E-state index is -1.60. The predicted molar refractivity (Wildman–Crippen MR) is 57.5 cm³/mol. The van der Waals surface area contributed by atoms with Crippen LogP contribution in [0.2, 0.25) is 0 Å². The number of alkyl halides is 3. The fourth-order valence-electron chi connectivity index (χ4n) is 1.17. The third-order valence-corrected chi connectivity index (χ3v) is 2.27. The van der Waals surface area contributed by atoms with E-state index in [4.69, 9.17) is 39.5 Å². The second kappa shape index (κ2) is 5.23. The molecular formula is C8H10Cl3NO3. The van der Waals surface area contributed by atoms with Crippen molar-refractivity contribution in [2.24, 2.45) is 0 Å². The Morgan fingerprint density at radius 1 is 1.33 bits per heavy atom. The Morgan fingerprint density at radius 3 is 2.33 bits per heavy atom. The lowest BCUT2D eigenvalue weighted by Crippen LogP contribution is -2.39. The van der Waals surface area contributed by atoms with E-state index in [0.29, 0.717) is 25.9 Å². The first kappa shape index (κ1) is 12.9. The Balaban J connectivity index is 2.31. The maximum Gasteiger partial charge on any atom is 0.409 e. The lowest BCUT2D eigenvalue weighted by molar-refractivity contribution is -0.121. The van der Waals surface area contributed by atoms with Gasteiger partial charge in [0.2, 0.25) is 3.79 Å². The fraction of sp³-hybridized carbons (Fsp3) is 0.750. The van der Waals surface area contributed by atoms with Crippen LogP contribution in [0.15, 0.2) is 0 Å². The number of likely N-dealkylation sites (tertiary alicyclic amines) is 1. The van der Waals surface area contributed by atoms with Crippen molar-refractivity contribution in [2.45, 2.75) is 16.6 Å². The van der Waals surface area contributed by atoms with Crippen molar-refractivity contribution in [3.05, 3.63) is 0 Å².